The van der Waals surface area contributed by atoms with E-state index in [2.05, 4.69) is 4.98 Å². The summed E-state index contributed by atoms with van der Waals surface area (Å²) in [5, 5.41) is 9.31. The summed E-state index contributed by atoms with van der Waals surface area (Å²) in [6.45, 7) is 2.07. The van der Waals surface area contributed by atoms with Crippen LogP contribution in [-0.4, -0.2) is 40.5 Å². The number of nitrogens with zero attached hydrogens (tertiary/aromatic N) is 2. The third kappa shape index (κ3) is 2.74. The lowest BCUT2D eigenvalue weighted by atomic mass is 9.98. The van der Waals surface area contributed by atoms with E-state index in [1.165, 1.54) is 18.5 Å². The van der Waals surface area contributed by atoms with E-state index in [9.17, 15) is 9.90 Å². The monoisotopic (exact) mass is 235 g/mol. The number of carbonyl (C=O) groups excluding carboxylic acids is 1. The van der Waals surface area contributed by atoms with Gasteiger partial charge in [0.1, 0.15) is 5.75 Å². The van der Waals surface area contributed by atoms with Gasteiger partial charge < -0.3 is 15.7 Å². The molecule has 1 aromatic heterocycles. The van der Waals surface area contributed by atoms with Crippen molar-refractivity contribution in [3.8, 4) is 5.75 Å². The molecule has 1 unspecified atom stereocenters. The molecule has 1 aliphatic heterocycles. The smallest absolute Gasteiger partial charge is 0.255 e. The number of aromatic hydroxyl groups is 1. The molecule has 3 N–H and O–H groups in total. The van der Waals surface area contributed by atoms with Gasteiger partial charge in [0.15, 0.2) is 0 Å². The molecule has 0 aliphatic carbocycles. The lowest BCUT2D eigenvalue weighted by molar-refractivity contribution is 0.0677. The molecule has 1 aromatic rings. The van der Waals surface area contributed by atoms with Crippen LogP contribution >= 0.6 is 0 Å². The molecule has 5 heteroatoms. The van der Waals surface area contributed by atoms with Crippen molar-refractivity contribution in [3.63, 3.8) is 0 Å². The Balaban J connectivity index is 2.09. The van der Waals surface area contributed by atoms with Gasteiger partial charge in [-0.1, -0.05) is 0 Å². The Bertz CT molecular complexity index is 408. The minimum absolute atomic E-state index is 0.0169. The molecule has 0 radical (unpaired) electrons. The van der Waals surface area contributed by atoms with Crippen LogP contribution in [0.4, 0.5) is 0 Å². The van der Waals surface area contributed by atoms with Crippen molar-refractivity contribution < 1.29 is 9.90 Å². The molecule has 1 amide bonds. The molecular formula is C12H17N3O2. The summed E-state index contributed by atoms with van der Waals surface area (Å²) < 4.78 is 0. The molecule has 1 aliphatic rings. The number of rotatable bonds is 2. The fraction of sp³-hybridized carbons (Fsp3) is 0.500. The summed E-state index contributed by atoms with van der Waals surface area (Å²) in [4.78, 5) is 17.8. The number of hydrogen-bond donors (Lipinski definition) is 2. The zero-order valence-electron chi connectivity index (χ0n) is 9.67. The Morgan fingerprint density at radius 1 is 1.59 bits per heavy atom. The Morgan fingerprint density at radius 3 is 3.12 bits per heavy atom. The predicted molar refractivity (Wildman–Crippen MR) is 63.6 cm³/mol. The van der Waals surface area contributed by atoms with E-state index >= 15 is 0 Å². The van der Waals surface area contributed by atoms with Gasteiger partial charge in [-0.3, -0.25) is 9.78 Å². The molecule has 5 nitrogen and oxygen atoms in total. The Labute approximate surface area is 100 Å². The van der Waals surface area contributed by atoms with Crippen LogP contribution < -0.4 is 5.73 Å². The van der Waals surface area contributed by atoms with Crippen LogP contribution in [0.1, 0.15) is 23.2 Å². The molecule has 2 heterocycles. The lowest BCUT2D eigenvalue weighted by Gasteiger charge is -2.32. The van der Waals surface area contributed by atoms with E-state index < -0.39 is 0 Å². The first-order valence-electron chi connectivity index (χ1n) is 5.84. The van der Waals surface area contributed by atoms with Crippen molar-refractivity contribution >= 4 is 5.91 Å². The summed E-state index contributed by atoms with van der Waals surface area (Å²) in [5.74, 6) is 0.327. The maximum absolute atomic E-state index is 12.1. The van der Waals surface area contributed by atoms with E-state index in [-0.39, 0.29) is 11.7 Å². The van der Waals surface area contributed by atoms with Gasteiger partial charge in [0.25, 0.3) is 5.91 Å². The topological polar surface area (TPSA) is 79.5 Å². The van der Waals surface area contributed by atoms with Crippen LogP contribution in [0, 0.1) is 5.92 Å². The highest BCUT2D eigenvalue weighted by Crippen LogP contribution is 2.18. The van der Waals surface area contributed by atoms with Gasteiger partial charge >= 0.3 is 0 Å². The van der Waals surface area contributed by atoms with E-state index in [0.29, 0.717) is 24.6 Å². The van der Waals surface area contributed by atoms with Gasteiger partial charge in [-0.2, -0.15) is 0 Å². The van der Waals surface area contributed by atoms with Crippen LogP contribution in [0.5, 0.6) is 5.75 Å². The highest BCUT2D eigenvalue weighted by Gasteiger charge is 2.23. The minimum Gasteiger partial charge on any atom is -0.506 e. The summed E-state index contributed by atoms with van der Waals surface area (Å²) >= 11 is 0. The molecule has 1 saturated heterocycles. The van der Waals surface area contributed by atoms with Crippen molar-refractivity contribution in [3.05, 3.63) is 24.0 Å². The Morgan fingerprint density at radius 2 is 2.41 bits per heavy atom. The van der Waals surface area contributed by atoms with E-state index in [0.717, 1.165) is 19.4 Å². The van der Waals surface area contributed by atoms with Crippen molar-refractivity contribution in [1.29, 1.82) is 0 Å². The third-order valence-corrected chi connectivity index (χ3v) is 3.11. The molecular weight excluding hydrogens is 218 g/mol. The number of carbonyl (C=O) groups is 1. The van der Waals surface area contributed by atoms with Crippen LogP contribution in [0.2, 0.25) is 0 Å². The number of piperidine rings is 1. The Kier molecular flexibility index (Phi) is 3.58. The lowest BCUT2D eigenvalue weighted by Crippen LogP contribution is -2.42. The second-order valence-corrected chi connectivity index (χ2v) is 4.43. The predicted octanol–water partition coefficient (Wildman–Crippen LogP) is 0.598. The largest absolute Gasteiger partial charge is 0.506 e. The van der Waals surface area contributed by atoms with E-state index in [1.54, 1.807) is 4.90 Å². The average molecular weight is 235 g/mol. The number of aromatic nitrogens is 1. The zero-order chi connectivity index (χ0) is 12.3. The van der Waals surface area contributed by atoms with Gasteiger partial charge in [-0.25, -0.2) is 0 Å². The minimum atomic E-state index is -0.0773. The fourth-order valence-electron chi connectivity index (χ4n) is 2.17. The maximum atomic E-state index is 12.1. The molecule has 2 rings (SSSR count). The summed E-state index contributed by atoms with van der Waals surface area (Å²) in [6, 6.07) is 1.45. The second-order valence-electron chi connectivity index (χ2n) is 4.43. The number of nitrogens with two attached hydrogens (primary N) is 1. The summed E-state index contributed by atoms with van der Waals surface area (Å²) in [7, 11) is 0. The molecule has 17 heavy (non-hydrogen) atoms. The van der Waals surface area contributed by atoms with Gasteiger partial charge in [0.2, 0.25) is 0 Å². The SMILES string of the molecule is NCC1CCCN(C(=O)c2cncc(O)c2)C1. The maximum Gasteiger partial charge on any atom is 0.255 e. The van der Waals surface area contributed by atoms with Crippen LogP contribution in [0.15, 0.2) is 18.5 Å². The summed E-state index contributed by atoms with van der Waals surface area (Å²) in [5.41, 5.74) is 6.07. The third-order valence-electron chi connectivity index (χ3n) is 3.11. The number of hydrogen-bond acceptors (Lipinski definition) is 4. The second kappa shape index (κ2) is 5.14. The van der Waals surface area contributed by atoms with Crippen molar-refractivity contribution in [1.82, 2.24) is 9.88 Å². The van der Waals surface area contributed by atoms with Crippen LogP contribution in [0.3, 0.4) is 0 Å². The number of amides is 1. The van der Waals surface area contributed by atoms with E-state index in [1.807, 2.05) is 0 Å². The highest BCUT2D eigenvalue weighted by molar-refractivity contribution is 5.94. The van der Waals surface area contributed by atoms with Gasteiger partial charge in [0, 0.05) is 19.3 Å². The highest BCUT2D eigenvalue weighted by atomic mass is 16.3. The molecule has 92 valence electrons. The van der Waals surface area contributed by atoms with Gasteiger partial charge in [-0.15, -0.1) is 0 Å². The number of likely N-dealkylation sites (tertiary alicyclic amines) is 1. The van der Waals surface area contributed by atoms with Crippen LogP contribution in [0.25, 0.3) is 0 Å². The van der Waals surface area contributed by atoms with Crippen molar-refractivity contribution in [2.75, 3.05) is 19.6 Å². The van der Waals surface area contributed by atoms with Crippen LogP contribution in [-0.2, 0) is 0 Å². The summed E-state index contributed by atoms with van der Waals surface area (Å²) in [6.07, 6.45) is 4.86. The molecule has 1 fully saturated rings. The normalized spacial score (nSPS) is 20.3. The first-order valence-corrected chi connectivity index (χ1v) is 5.84. The average Bonchev–Trinajstić information content (AvgIpc) is 2.38. The van der Waals surface area contributed by atoms with Crippen molar-refractivity contribution in [2.45, 2.75) is 12.8 Å². The van der Waals surface area contributed by atoms with Gasteiger partial charge in [0.05, 0.1) is 11.8 Å². The molecule has 0 saturated carbocycles. The molecule has 1 atom stereocenters. The van der Waals surface area contributed by atoms with Gasteiger partial charge in [-0.05, 0) is 31.4 Å². The fourth-order valence-corrected chi connectivity index (χ4v) is 2.17. The molecule has 0 aromatic carbocycles. The standard InChI is InChI=1S/C12H17N3O2/c13-5-9-2-1-3-15(8-9)12(17)10-4-11(16)7-14-6-10/h4,6-7,9,16H,1-3,5,8,13H2. The van der Waals surface area contributed by atoms with E-state index in [4.69, 9.17) is 5.73 Å². The Hall–Kier alpha value is -1.62. The zero-order valence-corrected chi connectivity index (χ0v) is 9.67. The first-order chi connectivity index (χ1) is 8.20. The first kappa shape index (κ1) is 11.9. The molecule has 0 bridgehead atoms. The number of pyridine rings is 1. The quantitative estimate of drug-likeness (QED) is 0.786. The molecule has 0 spiro atoms. The van der Waals surface area contributed by atoms with Crippen molar-refractivity contribution in [2.24, 2.45) is 11.7 Å².